The third-order valence-electron chi connectivity index (χ3n) is 5.19. The number of hydrogen-bond acceptors (Lipinski definition) is 5. The van der Waals surface area contributed by atoms with E-state index in [-0.39, 0.29) is 12.5 Å². The second kappa shape index (κ2) is 12.8. The summed E-state index contributed by atoms with van der Waals surface area (Å²) in [7, 11) is 3.42. The summed E-state index contributed by atoms with van der Waals surface area (Å²) >= 11 is 0. The molecule has 9 nitrogen and oxygen atoms in total. The SMILES string of the molecule is CCCCCCCNC(=O)N(C)c1nc(-c2ccc(CC(OCC)C(=O)O)cc2)n(C)n1. The molecule has 0 spiro atoms. The summed E-state index contributed by atoms with van der Waals surface area (Å²) in [6.45, 7) is 4.93. The minimum atomic E-state index is -0.976. The van der Waals surface area contributed by atoms with Crippen molar-refractivity contribution in [3.05, 3.63) is 29.8 Å². The summed E-state index contributed by atoms with van der Waals surface area (Å²) in [6, 6.07) is 7.21. The monoisotopic (exact) mass is 445 g/mol. The number of nitrogens with one attached hydrogen (secondary N) is 1. The number of urea groups is 1. The topological polar surface area (TPSA) is 110 Å². The number of carbonyl (C=O) groups is 2. The van der Waals surface area contributed by atoms with Crippen molar-refractivity contribution in [1.82, 2.24) is 20.1 Å². The molecule has 1 unspecified atom stereocenters. The summed E-state index contributed by atoms with van der Waals surface area (Å²) < 4.78 is 6.90. The number of aromatic nitrogens is 3. The van der Waals surface area contributed by atoms with Crippen molar-refractivity contribution in [2.75, 3.05) is 25.1 Å². The maximum atomic E-state index is 12.4. The number of hydrogen-bond donors (Lipinski definition) is 2. The molecule has 2 amide bonds. The molecule has 9 heteroatoms. The fraction of sp³-hybridized carbons (Fsp3) is 0.565. The lowest BCUT2D eigenvalue weighted by Gasteiger charge is -2.14. The van der Waals surface area contributed by atoms with Crippen LogP contribution in [0.25, 0.3) is 11.4 Å². The molecule has 1 heterocycles. The standard InChI is InChI=1S/C23H35N5O4/c1-5-7-8-9-10-15-24-23(31)27(3)22-25-20(28(4)26-22)18-13-11-17(12-14-18)16-19(21(29)30)32-6-2/h11-14,19H,5-10,15-16H2,1-4H3,(H,24,31)(H,29,30). The fourth-order valence-electron chi connectivity index (χ4n) is 3.32. The van der Waals surface area contributed by atoms with E-state index in [9.17, 15) is 14.7 Å². The smallest absolute Gasteiger partial charge is 0.333 e. The van der Waals surface area contributed by atoms with E-state index in [1.807, 2.05) is 24.3 Å². The molecule has 0 aliphatic rings. The van der Waals surface area contributed by atoms with Gasteiger partial charge in [0.1, 0.15) is 0 Å². The number of benzene rings is 1. The maximum Gasteiger partial charge on any atom is 0.333 e. The molecular formula is C23H35N5O4. The zero-order valence-electron chi connectivity index (χ0n) is 19.5. The zero-order chi connectivity index (χ0) is 23.5. The molecule has 176 valence electrons. The van der Waals surface area contributed by atoms with Gasteiger partial charge >= 0.3 is 12.0 Å². The highest BCUT2D eigenvalue weighted by atomic mass is 16.5. The minimum absolute atomic E-state index is 0.233. The number of carboxylic acid groups (broad SMARTS) is 1. The summed E-state index contributed by atoms with van der Waals surface area (Å²) in [6.07, 6.45) is 5.09. The van der Waals surface area contributed by atoms with Crippen LogP contribution in [0.15, 0.2) is 24.3 Å². The Morgan fingerprint density at radius 3 is 2.47 bits per heavy atom. The van der Waals surface area contributed by atoms with Crippen LogP contribution in [-0.2, 0) is 23.0 Å². The molecule has 32 heavy (non-hydrogen) atoms. The summed E-state index contributed by atoms with van der Waals surface area (Å²) in [5.41, 5.74) is 1.68. The van der Waals surface area contributed by atoms with Gasteiger partial charge in [0.15, 0.2) is 11.9 Å². The van der Waals surface area contributed by atoms with E-state index in [1.54, 1.807) is 25.7 Å². The zero-order valence-corrected chi connectivity index (χ0v) is 19.5. The second-order valence-electron chi connectivity index (χ2n) is 7.75. The molecule has 2 N–H and O–H groups in total. The quantitative estimate of drug-likeness (QED) is 0.456. The number of aryl methyl sites for hydroxylation is 1. The van der Waals surface area contributed by atoms with Crippen LogP contribution < -0.4 is 10.2 Å². The van der Waals surface area contributed by atoms with Crippen LogP contribution in [0.3, 0.4) is 0 Å². The average Bonchev–Trinajstić information content (AvgIpc) is 3.17. The minimum Gasteiger partial charge on any atom is -0.479 e. The van der Waals surface area contributed by atoms with Gasteiger partial charge in [0, 0.05) is 39.2 Å². The van der Waals surface area contributed by atoms with Crippen molar-refractivity contribution in [1.29, 1.82) is 0 Å². The molecule has 0 saturated carbocycles. The number of unbranched alkanes of at least 4 members (excludes halogenated alkanes) is 4. The Morgan fingerprint density at radius 1 is 1.16 bits per heavy atom. The number of ether oxygens (including phenoxy) is 1. The molecule has 1 aromatic carbocycles. The Labute approximate surface area is 189 Å². The first kappa shape index (κ1) is 25.3. The van der Waals surface area contributed by atoms with E-state index in [0.29, 0.717) is 24.9 Å². The Kier molecular flexibility index (Phi) is 10.1. The summed E-state index contributed by atoms with van der Waals surface area (Å²) in [5, 5.41) is 16.5. The van der Waals surface area contributed by atoms with E-state index in [4.69, 9.17) is 4.74 Å². The fourth-order valence-corrected chi connectivity index (χ4v) is 3.32. The lowest BCUT2D eigenvalue weighted by atomic mass is 10.1. The van der Waals surface area contributed by atoms with Crippen molar-refractivity contribution < 1.29 is 19.4 Å². The van der Waals surface area contributed by atoms with Crippen LogP contribution in [-0.4, -0.2) is 58.2 Å². The van der Waals surface area contributed by atoms with Gasteiger partial charge in [0.05, 0.1) is 0 Å². The molecule has 0 bridgehead atoms. The van der Waals surface area contributed by atoms with Crippen molar-refractivity contribution in [2.45, 2.75) is 58.5 Å². The highest BCUT2D eigenvalue weighted by Crippen LogP contribution is 2.21. The Bertz CT molecular complexity index is 866. The maximum absolute atomic E-state index is 12.4. The Balaban J connectivity index is 1.98. The van der Waals surface area contributed by atoms with Crippen LogP contribution in [0, 0.1) is 0 Å². The highest BCUT2D eigenvalue weighted by molar-refractivity contribution is 5.89. The molecule has 0 fully saturated rings. The predicted molar refractivity (Wildman–Crippen MR) is 124 cm³/mol. The molecule has 0 radical (unpaired) electrons. The molecule has 1 aromatic heterocycles. The first-order valence-electron chi connectivity index (χ1n) is 11.2. The van der Waals surface area contributed by atoms with Gasteiger partial charge < -0.3 is 15.2 Å². The first-order valence-corrected chi connectivity index (χ1v) is 11.2. The lowest BCUT2D eigenvalue weighted by molar-refractivity contribution is -0.149. The molecule has 0 saturated heterocycles. The number of aliphatic carboxylic acids is 1. The number of carboxylic acids is 1. The van der Waals surface area contributed by atoms with Gasteiger partial charge in [0.2, 0.25) is 0 Å². The largest absolute Gasteiger partial charge is 0.479 e. The number of rotatable bonds is 13. The van der Waals surface area contributed by atoms with Crippen LogP contribution in [0.4, 0.5) is 10.7 Å². The lowest BCUT2D eigenvalue weighted by Crippen LogP contribution is -2.38. The predicted octanol–water partition coefficient (Wildman–Crippen LogP) is 3.63. The van der Waals surface area contributed by atoms with Crippen LogP contribution in [0.1, 0.15) is 51.5 Å². The normalized spacial score (nSPS) is 11.9. The van der Waals surface area contributed by atoms with Crippen LogP contribution in [0.5, 0.6) is 0 Å². The van der Waals surface area contributed by atoms with Gasteiger partial charge in [-0.3, -0.25) is 4.90 Å². The molecule has 0 aliphatic carbocycles. The summed E-state index contributed by atoms with van der Waals surface area (Å²) in [5.74, 6) is -0.0427. The van der Waals surface area contributed by atoms with E-state index in [2.05, 4.69) is 22.3 Å². The number of amides is 2. The molecule has 0 aliphatic heterocycles. The van der Waals surface area contributed by atoms with Crippen molar-refractivity contribution in [3.63, 3.8) is 0 Å². The van der Waals surface area contributed by atoms with Crippen LogP contribution >= 0.6 is 0 Å². The Morgan fingerprint density at radius 2 is 1.84 bits per heavy atom. The third-order valence-corrected chi connectivity index (χ3v) is 5.19. The molecule has 2 rings (SSSR count). The summed E-state index contributed by atoms with van der Waals surface area (Å²) in [4.78, 5) is 29.6. The molecule has 2 aromatic rings. The third kappa shape index (κ3) is 7.33. The molecule has 1 atom stereocenters. The van der Waals surface area contributed by atoms with Gasteiger partial charge in [-0.1, -0.05) is 56.9 Å². The van der Waals surface area contributed by atoms with Gasteiger partial charge in [-0.15, -0.1) is 5.10 Å². The van der Waals surface area contributed by atoms with Crippen LogP contribution in [0.2, 0.25) is 0 Å². The van der Waals surface area contributed by atoms with Gasteiger partial charge in [0.25, 0.3) is 5.95 Å². The highest BCUT2D eigenvalue weighted by Gasteiger charge is 2.20. The van der Waals surface area contributed by atoms with Gasteiger partial charge in [-0.05, 0) is 18.9 Å². The van der Waals surface area contributed by atoms with E-state index in [0.717, 1.165) is 24.0 Å². The van der Waals surface area contributed by atoms with E-state index in [1.165, 1.54) is 24.2 Å². The number of nitrogens with zero attached hydrogens (tertiary/aromatic N) is 4. The first-order chi connectivity index (χ1) is 15.4. The van der Waals surface area contributed by atoms with Crippen molar-refractivity contribution in [2.24, 2.45) is 7.05 Å². The second-order valence-corrected chi connectivity index (χ2v) is 7.75. The van der Waals surface area contributed by atoms with E-state index >= 15 is 0 Å². The van der Waals surface area contributed by atoms with Crippen molar-refractivity contribution >= 4 is 17.9 Å². The van der Waals surface area contributed by atoms with Gasteiger partial charge in [-0.2, -0.15) is 4.98 Å². The number of carbonyl (C=O) groups excluding carboxylic acids is 1. The molecular weight excluding hydrogens is 410 g/mol. The van der Waals surface area contributed by atoms with E-state index < -0.39 is 12.1 Å². The average molecular weight is 446 g/mol. The number of anilines is 1. The van der Waals surface area contributed by atoms with Crippen molar-refractivity contribution in [3.8, 4) is 11.4 Å². The van der Waals surface area contributed by atoms with Gasteiger partial charge in [-0.25, -0.2) is 14.3 Å². The Hall–Kier alpha value is -2.94.